The number of ether oxygens (including phenoxy) is 1. The minimum atomic E-state index is -0.587. The van der Waals surface area contributed by atoms with Crippen LogP contribution in [0.1, 0.15) is 30.9 Å². The van der Waals surface area contributed by atoms with E-state index in [1.165, 1.54) is 0 Å². The van der Waals surface area contributed by atoms with Gasteiger partial charge in [0.2, 0.25) is 11.8 Å². The van der Waals surface area contributed by atoms with E-state index in [-0.39, 0.29) is 24.3 Å². The summed E-state index contributed by atoms with van der Waals surface area (Å²) in [5.74, 6) is -0.267. The Balaban J connectivity index is 1.69. The number of halogens is 1. The third-order valence-electron chi connectivity index (χ3n) is 5.16. The van der Waals surface area contributed by atoms with Crippen molar-refractivity contribution in [3.05, 3.63) is 70.7 Å². The maximum atomic E-state index is 13.1. The summed E-state index contributed by atoms with van der Waals surface area (Å²) < 4.78 is 5.57. The third kappa shape index (κ3) is 6.31. The van der Waals surface area contributed by atoms with Crippen molar-refractivity contribution in [2.24, 2.45) is 0 Å². The van der Waals surface area contributed by atoms with Crippen LogP contribution in [0.4, 0.5) is 0 Å². The van der Waals surface area contributed by atoms with E-state index in [9.17, 15) is 9.59 Å². The molecule has 0 aromatic heterocycles. The van der Waals surface area contributed by atoms with E-state index in [1.54, 1.807) is 24.0 Å². The van der Waals surface area contributed by atoms with Gasteiger partial charge in [-0.3, -0.25) is 9.59 Å². The Morgan fingerprint density at radius 3 is 2.52 bits per heavy atom. The maximum Gasteiger partial charge on any atom is 0.242 e. The van der Waals surface area contributed by atoms with Gasteiger partial charge in [0.25, 0.3) is 0 Å². The summed E-state index contributed by atoms with van der Waals surface area (Å²) >= 11 is 5.94. The first kappa shape index (κ1) is 21.3. The van der Waals surface area contributed by atoms with Gasteiger partial charge in [0.15, 0.2) is 0 Å². The van der Waals surface area contributed by atoms with Crippen LogP contribution in [0.15, 0.2) is 54.6 Å². The number of amides is 2. The molecule has 0 unspecified atom stereocenters. The van der Waals surface area contributed by atoms with Crippen molar-refractivity contribution < 1.29 is 14.3 Å². The second-order valence-electron chi connectivity index (χ2n) is 7.37. The lowest BCUT2D eigenvalue weighted by molar-refractivity contribution is -0.140. The molecule has 29 heavy (non-hydrogen) atoms. The molecule has 6 heteroatoms. The Bertz CT molecular complexity index is 805. The van der Waals surface area contributed by atoms with Gasteiger partial charge in [0, 0.05) is 24.7 Å². The third-order valence-corrected chi connectivity index (χ3v) is 5.41. The Morgan fingerprint density at radius 2 is 1.86 bits per heavy atom. The van der Waals surface area contributed by atoms with Gasteiger partial charge in [-0.25, -0.2) is 0 Å². The standard InChI is InChI=1S/C23H27ClN2O3/c1-17(23(28)25-15-21-8-5-13-29-21)26(16-19-6-3-2-4-7-19)22(27)14-18-9-11-20(24)12-10-18/h2-4,6-7,9-12,17,21H,5,8,13-16H2,1H3,(H,25,28)/t17-,21+/m0/s1. The van der Waals surface area contributed by atoms with Crippen molar-refractivity contribution in [2.45, 2.75) is 44.9 Å². The van der Waals surface area contributed by atoms with Crippen molar-refractivity contribution >= 4 is 23.4 Å². The largest absolute Gasteiger partial charge is 0.376 e. The summed E-state index contributed by atoms with van der Waals surface area (Å²) in [4.78, 5) is 27.5. The number of carbonyl (C=O) groups is 2. The molecule has 2 aromatic carbocycles. The molecule has 1 aliphatic rings. The molecule has 2 amide bonds. The topological polar surface area (TPSA) is 58.6 Å². The number of carbonyl (C=O) groups excluding carboxylic acids is 2. The van der Waals surface area contributed by atoms with Crippen LogP contribution in [0.25, 0.3) is 0 Å². The Kier molecular flexibility index (Phi) is 7.67. The number of nitrogens with zero attached hydrogens (tertiary/aromatic N) is 1. The molecule has 154 valence electrons. The molecule has 1 fully saturated rings. The summed E-state index contributed by atoms with van der Waals surface area (Å²) in [6.45, 7) is 3.37. The van der Waals surface area contributed by atoms with Gasteiger partial charge in [-0.05, 0) is 43.0 Å². The summed E-state index contributed by atoms with van der Waals surface area (Å²) in [7, 11) is 0. The van der Waals surface area contributed by atoms with Gasteiger partial charge in [-0.2, -0.15) is 0 Å². The number of hydrogen-bond donors (Lipinski definition) is 1. The second-order valence-corrected chi connectivity index (χ2v) is 7.80. The van der Waals surface area contributed by atoms with Gasteiger partial charge < -0.3 is 15.0 Å². The van der Waals surface area contributed by atoms with Crippen LogP contribution < -0.4 is 5.32 Å². The van der Waals surface area contributed by atoms with Crippen LogP contribution in [-0.2, 0) is 27.3 Å². The molecule has 2 aromatic rings. The highest BCUT2D eigenvalue weighted by atomic mass is 35.5. The summed E-state index contributed by atoms with van der Waals surface area (Å²) in [6, 6.07) is 16.3. The number of hydrogen-bond acceptors (Lipinski definition) is 3. The highest BCUT2D eigenvalue weighted by Crippen LogP contribution is 2.15. The molecule has 3 rings (SSSR count). The molecule has 1 saturated heterocycles. The average molecular weight is 415 g/mol. The molecule has 1 N–H and O–H groups in total. The van der Waals surface area contributed by atoms with Gasteiger partial charge in [0.1, 0.15) is 6.04 Å². The van der Waals surface area contributed by atoms with Crippen LogP contribution in [0.5, 0.6) is 0 Å². The summed E-state index contributed by atoms with van der Waals surface area (Å²) in [5, 5.41) is 3.57. The second kappa shape index (κ2) is 10.4. The Hall–Kier alpha value is -2.37. The van der Waals surface area contributed by atoms with Crippen LogP contribution in [0, 0.1) is 0 Å². The smallest absolute Gasteiger partial charge is 0.242 e. The number of nitrogens with one attached hydrogen (secondary N) is 1. The first-order valence-electron chi connectivity index (χ1n) is 10.00. The van der Waals surface area contributed by atoms with Crippen LogP contribution in [-0.4, -0.2) is 42.0 Å². The molecule has 1 heterocycles. The fourth-order valence-corrected chi connectivity index (χ4v) is 3.53. The molecule has 0 bridgehead atoms. The lowest BCUT2D eigenvalue weighted by Crippen LogP contribution is -2.49. The summed E-state index contributed by atoms with van der Waals surface area (Å²) in [6.07, 6.45) is 2.26. The van der Waals surface area contributed by atoms with Gasteiger partial charge in [-0.15, -0.1) is 0 Å². The zero-order valence-corrected chi connectivity index (χ0v) is 17.4. The number of rotatable bonds is 8. The molecular formula is C23H27ClN2O3. The molecule has 0 aliphatic carbocycles. The first-order valence-corrected chi connectivity index (χ1v) is 10.4. The summed E-state index contributed by atoms with van der Waals surface area (Å²) in [5.41, 5.74) is 1.85. The van der Waals surface area contributed by atoms with E-state index < -0.39 is 6.04 Å². The fourth-order valence-electron chi connectivity index (χ4n) is 3.41. The predicted octanol–water partition coefficient (Wildman–Crippen LogP) is 3.60. The van der Waals surface area contributed by atoms with E-state index >= 15 is 0 Å². The Labute approximate surface area is 177 Å². The fraction of sp³-hybridized carbons (Fsp3) is 0.391. The van der Waals surface area contributed by atoms with E-state index in [0.717, 1.165) is 30.6 Å². The van der Waals surface area contributed by atoms with Crippen LogP contribution >= 0.6 is 11.6 Å². The van der Waals surface area contributed by atoms with Gasteiger partial charge in [0.05, 0.1) is 12.5 Å². The van der Waals surface area contributed by atoms with Crippen molar-refractivity contribution in [1.29, 1.82) is 0 Å². The molecule has 2 atom stereocenters. The first-order chi connectivity index (χ1) is 14.0. The van der Waals surface area contributed by atoms with Gasteiger partial charge >= 0.3 is 0 Å². The molecule has 0 radical (unpaired) electrons. The van der Waals surface area contributed by atoms with Crippen LogP contribution in [0.2, 0.25) is 5.02 Å². The van der Waals surface area contributed by atoms with Crippen molar-refractivity contribution in [3.8, 4) is 0 Å². The highest BCUT2D eigenvalue weighted by molar-refractivity contribution is 6.30. The lowest BCUT2D eigenvalue weighted by atomic mass is 10.1. The zero-order valence-electron chi connectivity index (χ0n) is 16.6. The van der Waals surface area contributed by atoms with E-state index in [2.05, 4.69) is 5.32 Å². The Morgan fingerprint density at radius 1 is 1.14 bits per heavy atom. The number of benzene rings is 2. The average Bonchev–Trinajstić information content (AvgIpc) is 3.26. The minimum absolute atomic E-state index is 0.0680. The van der Waals surface area contributed by atoms with E-state index in [1.807, 2.05) is 42.5 Å². The molecule has 5 nitrogen and oxygen atoms in total. The van der Waals surface area contributed by atoms with Gasteiger partial charge in [-0.1, -0.05) is 54.1 Å². The SMILES string of the molecule is C[C@@H](C(=O)NC[C@H]1CCCO1)N(Cc1ccccc1)C(=O)Cc1ccc(Cl)cc1. The van der Waals surface area contributed by atoms with E-state index in [0.29, 0.717) is 18.1 Å². The maximum absolute atomic E-state index is 13.1. The quantitative estimate of drug-likeness (QED) is 0.718. The molecular weight excluding hydrogens is 388 g/mol. The zero-order chi connectivity index (χ0) is 20.6. The normalized spacial score (nSPS) is 17.0. The predicted molar refractivity (Wildman–Crippen MR) is 114 cm³/mol. The van der Waals surface area contributed by atoms with Crippen molar-refractivity contribution in [2.75, 3.05) is 13.2 Å². The lowest BCUT2D eigenvalue weighted by Gasteiger charge is -2.29. The molecule has 0 saturated carbocycles. The minimum Gasteiger partial charge on any atom is -0.376 e. The monoisotopic (exact) mass is 414 g/mol. The highest BCUT2D eigenvalue weighted by Gasteiger charge is 2.27. The molecule has 1 aliphatic heterocycles. The van der Waals surface area contributed by atoms with Crippen molar-refractivity contribution in [1.82, 2.24) is 10.2 Å². The molecule has 0 spiro atoms. The van der Waals surface area contributed by atoms with Crippen molar-refractivity contribution in [3.63, 3.8) is 0 Å². The van der Waals surface area contributed by atoms with Crippen LogP contribution in [0.3, 0.4) is 0 Å². The van der Waals surface area contributed by atoms with E-state index in [4.69, 9.17) is 16.3 Å².